The lowest BCUT2D eigenvalue weighted by Crippen LogP contribution is -2.51. The normalized spacial score (nSPS) is 22.1. The largest absolute Gasteiger partial charge is 0.508 e. The van der Waals surface area contributed by atoms with E-state index in [1.54, 1.807) is 12.1 Å². The fourth-order valence-corrected chi connectivity index (χ4v) is 2.61. The van der Waals surface area contributed by atoms with E-state index >= 15 is 0 Å². The Morgan fingerprint density at radius 3 is 2.89 bits per heavy atom. The molecule has 1 aromatic carbocycles. The number of ether oxygens (including phenoxy) is 1. The molecule has 2 N–H and O–H groups in total. The minimum atomic E-state index is -0.881. The van der Waals surface area contributed by atoms with Gasteiger partial charge in [-0.05, 0) is 12.5 Å². The first-order chi connectivity index (χ1) is 9.15. The summed E-state index contributed by atoms with van der Waals surface area (Å²) in [7, 11) is 0. The Kier molecular flexibility index (Phi) is 4.39. The van der Waals surface area contributed by atoms with Gasteiger partial charge in [-0.3, -0.25) is 9.69 Å². The summed E-state index contributed by atoms with van der Waals surface area (Å²) in [6, 6.07) is 6.34. The summed E-state index contributed by atoms with van der Waals surface area (Å²) in [5, 5.41) is 19.2. The molecule has 1 heterocycles. The molecule has 0 aromatic heterocycles. The molecule has 0 bridgehead atoms. The molecule has 0 spiro atoms. The third-order valence-electron chi connectivity index (χ3n) is 3.54. The van der Waals surface area contributed by atoms with Gasteiger partial charge >= 0.3 is 5.97 Å². The zero-order chi connectivity index (χ0) is 13.8. The van der Waals surface area contributed by atoms with Crippen molar-refractivity contribution in [2.45, 2.75) is 25.4 Å². The van der Waals surface area contributed by atoms with Crippen LogP contribution in [-0.4, -0.2) is 46.9 Å². The van der Waals surface area contributed by atoms with Gasteiger partial charge in [-0.2, -0.15) is 0 Å². The number of carbonyl (C=O) groups is 1. The van der Waals surface area contributed by atoms with Gasteiger partial charge in [0.2, 0.25) is 0 Å². The number of hydrogen-bond acceptors (Lipinski definition) is 4. The van der Waals surface area contributed by atoms with E-state index in [2.05, 4.69) is 0 Å². The topological polar surface area (TPSA) is 70.0 Å². The Balaban J connectivity index is 2.30. The van der Waals surface area contributed by atoms with Gasteiger partial charge in [0.25, 0.3) is 0 Å². The second-order valence-electron chi connectivity index (χ2n) is 4.65. The van der Waals surface area contributed by atoms with E-state index in [1.807, 2.05) is 24.0 Å². The molecule has 1 saturated heterocycles. The van der Waals surface area contributed by atoms with E-state index in [-0.39, 0.29) is 18.4 Å². The first-order valence-corrected chi connectivity index (χ1v) is 6.49. The highest BCUT2D eigenvalue weighted by molar-refractivity contribution is 5.73. The minimum absolute atomic E-state index is 0.105. The van der Waals surface area contributed by atoms with Gasteiger partial charge in [-0.15, -0.1) is 0 Å². The van der Waals surface area contributed by atoms with Crippen molar-refractivity contribution in [3.63, 3.8) is 0 Å². The molecule has 5 nitrogen and oxygen atoms in total. The number of benzene rings is 1. The second kappa shape index (κ2) is 6.04. The lowest BCUT2D eigenvalue weighted by molar-refractivity contribution is -0.151. The number of phenolic OH excluding ortho intramolecular Hbond substituents is 1. The number of hydrogen-bond donors (Lipinski definition) is 2. The molecular weight excluding hydrogens is 246 g/mol. The van der Waals surface area contributed by atoms with Crippen LogP contribution in [0, 0.1) is 0 Å². The zero-order valence-electron chi connectivity index (χ0n) is 11.0. The first-order valence-electron chi connectivity index (χ1n) is 6.49. The number of carboxylic acid groups (broad SMARTS) is 1. The minimum Gasteiger partial charge on any atom is -0.508 e. The van der Waals surface area contributed by atoms with Crippen LogP contribution >= 0.6 is 0 Å². The van der Waals surface area contributed by atoms with E-state index in [9.17, 15) is 15.0 Å². The third kappa shape index (κ3) is 2.88. The summed E-state index contributed by atoms with van der Waals surface area (Å²) in [5.74, 6) is -0.668. The molecule has 0 radical (unpaired) electrons. The molecule has 1 aliphatic rings. The Morgan fingerprint density at radius 1 is 1.53 bits per heavy atom. The molecule has 2 rings (SSSR count). The molecule has 0 amide bonds. The summed E-state index contributed by atoms with van der Waals surface area (Å²) in [5.41, 5.74) is 0.776. The van der Waals surface area contributed by atoms with E-state index in [4.69, 9.17) is 4.74 Å². The SMILES string of the molecule is CCC(c1ccccc1O)N1CCOCC1C(=O)O. The molecule has 2 unspecified atom stereocenters. The monoisotopic (exact) mass is 265 g/mol. The molecule has 1 aliphatic heterocycles. The van der Waals surface area contributed by atoms with Crippen LogP contribution in [0.5, 0.6) is 5.75 Å². The van der Waals surface area contributed by atoms with Gasteiger partial charge in [0, 0.05) is 18.2 Å². The van der Waals surface area contributed by atoms with Gasteiger partial charge < -0.3 is 14.9 Å². The van der Waals surface area contributed by atoms with Crippen LogP contribution in [0.4, 0.5) is 0 Å². The molecule has 19 heavy (non-hydrogen) atoms. The maximum Gasteiger partial charge on any atom is 0.323 e. The van der Waals surface area contributed by atoms with Crippen LogP contribution in [0.1, 0.15) is 24.9 Å². The fraction of sp³-hybridized carbons (Fsp3) is 0.500. The van der Waals surface area contributed by atoms with Gasteiger partial charge in [-0.1, -0.05) is 25.1 Å². The summed E-state index contributed by atoms with van der Waals surface area (Å²) < 4.78 is 5.25. The van der Waals surface area contributed by atoms with Crippen LogP contribution in [0.15, 0.2) is 24.3 Å². The van der Waals surface area contributed by atoms with Gasteiger partial charge in [0.05, 0.1) is 13.2 Å². The quantitative estimate of drug-likeness (QED) is 0.866. The van der Waals surface area contributed by atoms with Crippen molar-refractivity contribution in [2.24, 2.45) is 0 Å². The van der Waals surface area contributed by atoms with E-state index < -0.39 is 12.0 Å². The van der Waals surface area contributed by atoms with Crippen molar-refractivity contribution < 1.29 is 19.7 Å². The molecule has 2 atom stereocenters. The van der Waals surface area contributed by atoms with E-state index in [0.29, 0.717) is 13.2 Å². The first kappa shape index (κ1) is 13.8. The average Bonchev–Trinajstić information content (AvgIpc) is 2.42. The average molecular weight is 265 g/mol. The smallest absolute Gasteiger partial charge is 0.323 e. The van der Waals surface area contributed by atoms with Crippen LogP contribution in [0.25, 0.3) is 0 Å². The highest BCUT2D eigenvalue weighted by Crippen LogP contribution is 2.33. The molecule has 0 saturated carbocycles. The summed E-state index contributed by atoms with van der Waals surface area (Å²) in [6.45, 7) is 3.27. The predicted molar refractivity (Wildman–Crippen MR) is 70.1 cm³/mol. The summed E-state index contributed by atoms with van der Waals surface area (Å²) in [4.78, 5) is 13.2. The highest BCUT2D eigenvalue weighted by atomic mass is 16.5. The maximum absolute atomic E-state index is 11.3. The third-order valence-corrected chi connectivity index (χ3v) is 3.54. The number of morpholine rings is 1. The Hall–Kier alpha value is -1.59. The zero-order valence-corrected chi connectivity index (χ0v) is 11.0. The van der Waals surface area contributed by atoms with Gasteiger partial charge in [0.1, 0.15) is 11.8 Å². The Morgan fingerprint density at radius 2 is 2.26 bits per heavy atom. The van der Waals surface area contributed by atoms with Crippen molar-refractivity contribution in [1.82, 2.24) is 4.90 Å². The molecule has 5 heteroatoms. The van der Waals surface area contributed by atoms with Crippen LogP contribution in [0.2, 0.25) is 0 Å². The Labute approximate surface area is 112 Å². The maximum atomic E-state index is 11.3. The van der Waals surface area contributed by atoms with E-state index in [0.717, 1.165) is 12.0 Å². The number of phenols is 1. The summed E-state index contributed by atoms with van der Waals surface area (Å²) in [6.07, 6.45) is 0.737. The number of para-hydroxylation sites is 1. The lowest BCUT2D eigenvalue weighted by atomic mass is 9.99. The van der Waals surface area contributed by atoms with Crippen molar-refractivity contribution in [1.29, 1.82) is 0 Å². The number of nitrogens with zero attached hydrogens (tertiary/aromatic N) is 1. The standard InChI is InChI=1S/C14H19NO4/c1-2-11(10-5-3-4-6-13(10)16)15-7-8-19-9-12(15)14(17)18/h3-6,11-12,16H,2,7-9H2,1H3,(H,17,18). The molecule has 1 fully saturated rings. The Bertz CT molecular complexity index is 449. The molecule has 0 aliphatic carbocycles. The second-order valence-corrected chi connectivity index (χ2v) is 4.65. The number of carboxylic acids is 1. The molecule has 104 valence electrons. The number of rotatable bonds is 4. The number of aromatic hydroxyl groups is 1. The highest BCUT2D eigenvalue weighted by Gasteiger charge is 2.34. The molecular formula is C14H19NO4. The predicted octanol–water partition coefficient (Wildman–Crippen LogP) is 1.63. The van der Waals surface area contributed by atoms with Gasteiger partial charge in [0.15, 0.2) is 0 Å². The van der Waals surface area contributed by atoms with Crippen LogP contribution in [0.3, 0.4) is 0 Å². The van der Waals surface area contributed by atoms with Crippen molar-refractivity contribution in [2.75, 3.05) is 19.8 Å². The number of aliphatic carboxylic acids is 1. The van der Waals surface area contributed by atoms with E-state index in [1.165, 1.54) is 0 Å². The molecule has 1 aromatic rings. The van der Waals surface area contributed by atoms with Crippen LogP contribution in [-0.2, 0) is 9.53 Å². The fourth-order valence-electron chi connectivity index (χ4n) is 2.61. The van der Waals surface area contributed by atoms with Gasteiger partial charge in [-0.25, -0.2) is 0 Å². The van der Waals surface area contributed by atoms with Crippen molar-refractivity contribution in [3.05, 3.63) is 29.8 Å². The summed E-state index contributed by atoms with van der Waals surface area (Å²) >= 11 is 0. The van der Waals surface area contributed by atoms with Crippen LogP contribution < -0.4 is 0 Å². The van der Waals surface area contributed by atoms with Crippen molar-refractivity contribution >= 4 is 5.97 Å². The lowest BCUT2D eigenvalue weighted by Gasteiger charge is -2.38. The van der Waals surface area contributed by atoms with Crippen molar-refractivity contribution in [3.8, 4) is 5.75 Å².